The van der Waals surface area contributed by atoms with Gasteiger partial charge in [0.15, 0.2) is 0 Å². The Labute approximate surface area is 102 Å². The summed E-state index contributed by atoms with van der Waals surface area (Å²) in [7, 11) is 4.00. The minimum atomic E-state index is 0.478. The van der Waals surface area contributed by atoms with Crippen molar-refractivity contribution in [3.8, 4) is 5.88 Å². The van der Waals surface area contributed by atoms with Crippen LogP contribution in [0.1, 0.15) is 18.3 Å². The molecule has 0 amide bonds. The first-order chi connectivity index (χ1) is 7.54. The summed E-state index contributed by atoms with van der Waals surface area (Å²) in [6, 6.07) is 0. The second kappa shape index (κ2) is 6.01. The van der Waals surface area contributed by atoms with Crippen LogP contribution in [0, 0.1) is 6.92 Å². The average molecular weight is 244 g/mol. The lowest BCUT2D eigenvalue weighted by molar-refractivity contribution is 0.251. The average Bonchev–Trinajstić information content (AvgIpc) is 2.23. The van der Waals surface area contributed by atoms with E-state index in [1.807, 2.05) is 27.9 Å². The highest BCUT2D eigenvalue weighted by Crippen LogP contribution is 2.21. The van der Waals surface area contributed by atoms with E-state index in [9.17, 15) is 0 Å². The Morgan fingerprint density at radius 3 is 2.56 bits per heavy atom. The molecule has 90 valence electrons. The van der Waals surface area contributed by atoms with E-state index in [1.54, 1.807) is 0 Å². The number of aromatic nitrogens is 2. The molecule has 0 aliphatic carbocycles. The summed E-state index contributed by atoms with van der Waals surface area (Å²) in [4.78, 5) is 10.5. The van der Waals surface area contributed by atoms with Crippen molar-refractivity contribution < 1.29 is 4.74 Å². The number of halogens is 1. The fourth-order valence-corrected chi connectivity index (χ4v) is 1.31. The largest absolute Gasteiger partial charge is 0.476 e. The predicted octanol–water partition coefficient (Wildman–Crippen LogP) is 1.94. The monoisotopic (exact) mass is 243 g/mol. The van der Waals surface area contributed by atoms with Gasteiger partial charge in [0.1, 0.15) is 17.6 Å². The van der Waals surface area contributed by atoms with Crippen molar-refractivity contribution in [1.29, 1.82) is 0 Å². The van der Waals surface area contributed by atoms with Crippen molar-refractivity contribution in [3.05, 3.63) is 16.5 Å². The summed E-state index contributed by atoms with van der Waals surface area (Å²) in [5.74, 6) is 1.31. The molecule has 0 saturated heterocycles. The topological polar surface area (TPSA) is 38.2 Å². The first-order valence-electron chi connectivity index (χ1n) is 5.35. The van der Waals surface area contributed by atoms with Crippen LogP contribution in [0.15, 0.2) is 0 Å². The lowest BCUT2D eigenvalue weighted by Gasteiger charge is -2.12. The van der Waals surface area contributed by atoms with Gasteiger partial charge in [0, 0.05) is 18.5 Å². The molecule has 0 saturated carbocycles. The molecule has 4 nitrogen and oxygen atoms in total. The Bertz CT molecular complexity index is 355. The molecule has 0 bridgehead atoms. The molecule has 0 aliphatic heterocycles. The summed E-state index contributed by atoms with van der Waals surface area (Å²) < 4.78 is 5.59. The van der Waals surface area contributed by atoms with E-state index in [-0.39, 0.29) is 0 Å². The maximum Gasteiger partial charge on any atom is 0.221 e. The van der Waals surface area contributed by atoms with E-state index in [0.717, 1.165) is 24.4 Å². The SMILES string of the molecule is CCc1nc(Cl)c(C)c(OCCN(C)C)n1. The van der Waals surface area contributed by atoms with Gasteiger partial charge in [0.25, 0.3) is 0 Å². The van der Waals surface area contributed by atoms with Gasteiger partial charge in [-0.25, -0.2) is 4.98 Å². The second-order valence-electron chi connectivity index (χ2n) is 3.87. The molecule has 16 heavy (non-hydrogen) atoms. The highest BCUT2D eigenvalue weighted by atomic mass is 35.5. The van der Waals surface area contributed by atoms with Gasteiger partial charge in [-0.1, -0.05) is 18.5 Å². The number of rotatable bonds is 5. The van der Waals surface area contributed by atoms with Gasteiger partial charge >= 0.3 is 0 Å². The van der Waals surface area contributed by atoms with E-state index >= 15 is 0 Å². The minimum Gasteiger partial charge on any atom is -0.476 e. The smallest absolute Gasteiger partial charge is 0.221 e. The Kier molecular flexibility index (Phi) is 4.96. The van der Waals surface area contributed by atoms with Crippen molar-refractivity contribution in [1.82, 2.24) is 14.9 Å². The predicted molar refractivity (Wildman–Crippen MR) is 65.2 cm³/mol. The van der Waals surface area contributed by atoms with Gasteiger partial charge < -0.3 is 9.64 Å². The normalized spacial score (nSPS) is 10.9. The van der Waals surface area contributed by atoms with Crippen LogP contribution in [-0.4, -0.2) is 42.1 Å². The van der Waals surface area contributed by atoms with E-state index < -0.39 is 0 Å². The summed E-state index contributed by atoms with van der Waals surface area (Å²) in [6.07, 6.45) is 0.754. The fourth-order valence-electron chi connectivity index (χ4n) is 1.14. The molecule has 0 N–H and O–H groups in total. The van der Waals surface area contributed by atoms with E-state index in [0.29, 0.717) is 17.6 Å². The van der Waals surface area contributed by atoms with E-state index in [1.165, 1.54) is 0 Å². The highest BCUT2D eigenvalue weighted by molar-refractivity contribution is 6.30. The van der Waals surface area contributed by atoms with Crippen molar-refractivity contribution >= 4 is 11.6 Å². The van der Waals surface area contributed by atoms with Crippen LogP contribution in [-0.2, 0) is 6.42 Å². The first kappa shape index (κ1) is 13.2. The third-order valence-electron chi connectivity index (χ3n) is 2.18. The third-order valence-corrected chi connectivity index (χ3v) is 2.55. The molecule has 0 atom stereocenters. The molecular weight excluding hydrogens is 226 g/mol. The molecule has 0 aromatic carbocycles. The zero-order valence-corrected chi connectivity index (χ0v) is 11.0. The van der Waals surface area contributed by atoms with Crippen LogP contribution < -0.4 is 4.74 Å². The molecule has 1 aromatic rings. The number of aryl methyl sites for hydroxylation is 1. The second-order valence-corrected chi connectivity index (χ2v) is 4.22. The summed E-state index contributed by atoms with van der Waals surface area (Å²) in [6.45, 7) is 5.31. The Morgan fingerprint density at radius 1 is 1.31 bits per heavy atom. The molecule has 0 spiro atoms. The first-order valence-corrected chi connectivity index (χ1v) is 5.73. The van der Waals surface area contributed by atoms with Crippen LogP contribution >= 0.6 is 11.6 Å². The summed E-state index contributed by atoms with van der Waals surface area (Å²) >= 11 is 6.00. The number of likely N-dealkylation sites (N-methyl/N-ethyl adjacent to an activating group) is 1. The zero-order valence-electron chi connectivity index (χ0n) is 10.2. The number of nitrogens with zero attached hydrogens (tertiary/aromatic N) is 3. The molecule has 0 unspecified atom stereocenters. The Hall–Kier alpha value is -0.870. The third kappa shape index (κ3) is 3.61. The number of ether oxygens (including phenoxy) is 1. The van der Waals surface area contributed by atoms with Crippen LogP contribution in [0.4, 0.5) is 0 Å². The lowest BCUT2D eigenvalue weighted by atomic mass is 10.3. The number of hydrogen-bond donors (Lipinski definition) is 0. The summed E-state index contributed by atoms with van der Waals surface area (Å²) in [5, 5.41) is 0.478. The molecule has 5 heteroatoms. The van der Waals surface area contributed by atoms with Gasteiger partial charge in [-0.05, 0) is 21.0 Å². The molecule has 1 aromatic heterocycles. The van der Waals surface area contributed by atoms with Crippen LogP contribution in [0.2, 0.25) is 5.15 Å². The van der Waals surface area contributed by atoms with Crippen LogP contribution in [0.5, 0.6) is 5.88 Å². The molecule has 0 fully saturated rings. The fraction of sp³-hybridized carbons (Fsp3) is 0.636. The van der Waals surface area contributed by atoms with Gasteiger partial charge in [0.2, 0.25) is 5.88 Å². The zero-order chi connectivity index (χ0) is 12.1. The van der Waals surface area contributed by atoms with E-state index in [4.69, 9.17) is 16.3 Å². The van der Waals surface area contributed by atoms with Gasteiger partial charge in [-0.15, -0.1) is 0 Å². The maximum atomic E-state index is 6.00. The van der Waals surface area contributed by atoms with Crippen LogP contribution in [0.3, 0.4) is 0 Å². The van der Waals surface area contributed by atoms with Crippen molar-refractivity contribution in [2.45, 2.75) is 20.3 Å². The number of hydrogen-bond acceptors (Lipinski definition) is 4. The standard InChI is InChI=1S/C11H18ClN3O/c1-5-9-13-10(12)8(2)11(14-9)16-7-6-15(3)4/h5-7H2,1-4H3. The molecule has 1 heterocycles. The van der Waals surface area contributed by atoms with Gasteiger partial charge in [-0.2, -0.15) is 4.98 Å². The minimum absolute atomic E-state index is 0.478. The van der Waals surface area contributed by atoms with Crippen molar-refractivity contribution in [2.24, 2.45) is 0 Å². The van der Waals surface area contributed by atoms with Crippen LogP contribution in [0.25, 0.3) is 0 Å². The molecular formula is C11H18ClN3O. The maximum absolute atomic E-state index is 6.00. The molecule has 0 radical (unpaired) electrons. The van der Waals surface area contributed by atoms with E-state index in [2.05, 4.69) is 14.9 Å². The van der Waals surface area contributed by atoms with Gasteiger partial charge in [0.05, 0.1) is 0 Å². The lowest BCUT2D eigenvalue weighted by Crippen LogP contribution is -2.20. The highest BCUT2D eigenvalue weighted by Gasteiger charge is 2.09. The Morgan fingerprint density at radius 2 is 2.00 bits per heavy atom. The molecule has 1 rings (SSSR count). The summed E-state index contributed by atoms with van der Waals surface area (Å²) in [5.41, 5.74) is 0.803. The Balaban J connectivity index is 2.74. The molecule has 0 aliphatic rings. The van der Waals surface area contributed by atoms with Crippen molar-refractivity contribution in [2.75, 3.05) is 27.2 Å². The van der Waals surface area contributed by atoms with Crippen molar-refractivity contribution in [3.63, 3.8) is 0 Å². The quantitative estimate of drug-likeness (QED) is 0.741. The van der Waals surface area contributed by atoms with Gasteiger partial charge in [-0.3, -0.25) is 0 Å².